The van der Waals surface area contributed by atoms with Gasteiger partial charge in [0.1, 0.15) is 16.7 Å². The van der Waals surface area contributed by atoms with Crippen molar-refractivity contribution in [3.8, 4) is 5.75 Å². The molecule has 0 saturated carbocycles. The number of ether oxygens (including phenoxy) is 1. The zero-order chi connectivity index (χ0) is 17.5. The van der Waals surface area contributed by atoms with E-state index >= 15 is 0 Å². The number of nitrogens with zero attached hydrogens (tertiary/aromatic N) is 1. The maximum atomic E-state index is 12.6. The summed E-state index contributed by atoms with van der Waals surface area (Å²) in [6.07, 6.45) is -0.658. The average molecular weight is 354 g/mol. The number of benzene rings is 1. The Morgan fingerprint density at radius 3 is 2.83 bits per heavy atom. The molecule has 1 unspecified atom stereocenters. The Kier molecular flexibility index (Phi) is 4.30. The molecule has 2 nitrogen and oxygen atoms in total. The molecular weight excluding hydrogens is 339 g/mol. The molecule has 6 heteroatoms. The van der Waals surface area contributed by atoms with E-state index in [0.717, 1.165) is 16.3 Å². The van der Waals surface area contributed by atoms with Crippen molar-refractivity contribution in [3.05, 3.63) is 53.5 Å². The molecule has 0 aliphatic carbocycles. The van der Waals surface area contributed by atoms with Crippen LogP contribution in [0.1, 0.15) is 25.3 Å². The molecule has 0 saturated heterocycles. The normalized spacial score (nSPS) is 17.2. The third kappa shape index (κ3) is 3.00. The van der Waals surface area contributed by atoms with Crippen molar-refractivity contribution in [2.75, 3.05) is 0 Å². The summed E-state index contributed by atoms with van der Waals surface area (Å²) >= 11 is 6.11. The van der Waals surface area contributed by atoms with E-state index in [1.54, 1.807) is 24.4 Å². The molecule has 126 valence electrons. The molecule has 1 aliphatic heterocycles. The number of allylic oxidation sites excluding steroid dienone is 2. The van der Waals surface area contributed by atoms with Gasteiger partial charge >= 0.3 is 6.18 Å². The van der Waals surface area contributed by atoms with Crippen LogP contribution in [0.2, 0.25) is 5.15 Å². The maximum absolute atomic E-state index is 12.6. The summed E-state index contributed by atoms with van der Waals surface area (Å²) < 4.78 is 43.6. The molecular formula is C18H15ClF3NO. The van der Waals surface area contributed by atoms with Crippen LogP contribution >= 0.6 is 11.6 Å². The highest BCUT2D eigenvalue weighted by molar-refractivity contribution is 6.34. The predicted octanol–water partition coefficient (Wildman–Crippen LogP) is 6.16. The van der Waals surface area contributed by atoms with Crippen LogP contribution in [0.25, 0.3) is 16.3 Å². The fraction of sp³-hybridized carbons (Fsp3) is 0.278. The fourth-order valence-electron chi connectivity index (χ4n) is 2.66. The summed E-state index contributed by atoms with van der Waals surface area (Å²) in [5.41, 5.74) is 1.38. The molecule has 0 bridgehead atoms. The van der Waals surface area contributed by atoms with Gasteiger partial charge in [0.05, 0.1) is 5.92 Å². The van der Waals surface area contributed by atoms with Crippen LogP contribution in [0.3, 0.4) is 0 Å². The van der Waals surface area contributed by atoms with Crippen LogP contribution in [0.15, 0.2) is 42.8 Å². The molecule has 3 rings (SSSR count). The summed E-state index contributed by atoms with van der Waals surface area (Å²) in [7, 11) is 0. The smallest absolute Gasteiger partial charge is 0.391 e. The Bertz CT molecular complexity index is 842. The van der Waals surface area contributed by atoms with E-state index in [0.29, 0.717) is 22.2 Å². The van der Waals surface area contributed by atoms with Crippen LogP contribution in [0, 0.1) is 5.92 Å². The van der Waals surface area contributed by atoms with Crippen LogP contribution in [-0.4, -0.2) is 11.2 Å². The highest BCUT2D eigenvalue weighted by Gasteiger charge is 2.35. The largest absolute Gasteiger partial charge is 0.456 e. The number of halogens is 4. The third-order valence-electron chi connectivity index (χ3n) is 4.16. The second-order valence-corrected chi connectivity index (χ2v) is 6.17. The molecule has 0 N–H and O–H groups in total. The fourth-order valence-corrected chi connectivity index (χ4v) is 2.86. The molecule has 0 fully saturated rings. The van der Waals surface area contributed by atoms with Crippen LogP contribution < -0.4 is 4.74 Å². The molecule has 1 aromatic carbocycles. The average Bonchev–Trinajstić information content (AvgIpc) is 2.52. The highest BCUT2D eigenvalue weighted by atomic mass is 35.5. The molecule has 1 atom stereocenters. The van der Waals surface area contributed by atoms with Crippen molar-refractivity contribution in [1.82, 2.24) is 4.98 Å². The Morgan fingerprint density at radius 2 is 2.12 bits per heavy atom. The number of aromatic nitrogens is 1. The highest BCUT2D eigenvalue weighted by Crippen LogP contribution is 2.42. The third-order valence-corrected chi connectivity index (χ3v) is 4.46. The van der Waals surface area contributed by atoms with Crippen LogP contribution in [0.5, 0.6) is 5.75 Å². The van der Waals surface area contributed by atoms with Gasteiger partial charge < -0.3 is 4.74 Å². The summed E-state index contributed by atoms with van der Waals surface area (Å²) in [5.74, 6) is -0.287. The van der Waals surface area contributed by atoms with E-state index in [2.05, 4.69) is 11.6 Å². The minimum Gasteiger partial charge on any atom is -0.456 e. The predicted molar refractivity (Wildman–Crippen MR) is 89.0 cm³/mol. The molecule has 1 aromatic heterocycles. The van der Waals surface area contributed by atoms with Crippen molar-refractivity contribution < 1.29 is 17.9 Å². The summed E-state index contributed by atoms with van der Waals surface area (Å²) in [5, 5.41) is 1.96. The van der Waals surface area contributed by atoms with E-state index in [1.165, 1.54) is 6.92 Å². The van der Waals surface area contributed by atoms with Gasteiger partial charge in [-0.05, 0) is 25.0 Å². The standard InChI is InChI=1S/C18H15ClF3NO/c1-10(18(20,21)22)5-3-7-14-11(2)13-9-23-17(19)12-6-4-8-15(24-14)16(12)13/h4,6-10H,2-3,5H2,1H3/b14-7+. The Hall–Kier alpha value is -2.01. The van der Waals surface area contributed by atoms with Crippen LogP contribution in [0.4, 0.5) is 13.2 Å². The zero-order valence-corrected chi connectivity index (χ0v) is 13.7. The number of pyridine rings is 1. The van der Waals surface area contributed by atoms with Crippen molar-refractivity contribution in [2.45, 2.75) is 25.9 Å². The minimum atomic E-state index is -4.18. The first-order valence-corrected chi connectivity index (χ1v) is 7.88. The second-order valence-electron chi connectivity index (χ2n) is 5.81. The van der Waals surface area contributed by atoms with E-state index in [9.17, 15) is 13.2 Å². The molecule has 2 aromatic rings. The Morgan fingerprint density at radius 1 is 1.38 bits per heavy atom. The van der Waals surface area contributed by atoms with Crippen molar-refractivity contribution in [3.63, 3.8) is 0 Å². The van der Waals surface area contributed by atoms with Gasteiger partial charge in [0.25, 0.3) is 0 Å². The first-order valence-electron chi connectivity index (χ1n) is 7.50. The van der Waals surface area contributed by atoms with Gasteiger partial charge in [-0.3, -0.25) is 0 Å². The van der Waals surface area contributed by atoms with E-state index in [-0.39, 0.29) is 12.8 Å². The first-order chi connectivity index (χ1) is 11.3. The van der Waals surface area contributed by atoms with Crippen LogP contribution in [-0.2, 0) is 0 Å². The van der Waals surface area contributed by atoms with Gasteiger partial charge in [0, 0.05) is 28.1 Å². The number of alkyl halides is 3. The van der Waals surface area contributed by atoms with Crippen molar-refractivity contribution in [2.24, 2.45) is 5.92 Å². The lowest BCUT2D eigenvalue weighted by Crippen LogP contribution is -2.19. The Balaban J connectivity index is 1.89. The molecule has 2 heterocycles. The Labute approximate surface area is 142 Å². The van der Waals surface area contributed by atoms with Gasteiger partial charge in [0.15, 0.2) is 0 Å². The topological polar surface area (TPSA) is 22.1 Å². The lowest BCUT2D eigenvalue weighted by molar-refractivity contribution is -0.170. The van der Waals surface area contributed by atoms with E-state index in [1.807, 2.05) is 6.07 Å². The van der Waals surface area contributed by atoms with E-state index in [4.69, 9.17) is 16.3 Å². The summed E-state index contributed by atoms with van der Waals surface area (Å²) in [4.78, 5) is 4.15. The van der Waals surface area contributed by atoms with Gasteiger partial charge in [0.2, 0.25) is 0 Å². The zero-order valence-electron chi connectivity index (χ0n) is 13.0. The molecule has 1 aliphatic rings. The van der Waals surface area contributed by atoms with Crippen molar-refractivity contribution >= 4 is 27.9 Å². The quantitative estimate of drug-likeness (QED) is 0.617. The first kappa shape index (κ1) is 16.8. The van der Waals surface area contributed by atoms with Crippen molar-refractivity contribution in [1.29, 1.82) is 0 Å². The summed E-state index contributed by atoms with van der Waals surface area (Å²) in [6, 6.07) is 5.43. The van der Waals surface area contributed by atoms with Gasteiger partial charge in [-0.15, -0.1) is 0 Å². The monoisotopic (exact) mass is 353 g/mol. The number of rotatable bonds is 3. The van der Waals surface area contributed by atoms with Gasteiger partial charge in [-0.1, -0.05) is 37.2 Å². The van der Waals surface area contributed by atoms with Gasteiger partial charge in [-0.2, -0.15) is 13.2 Å². The van der Waals surface area contributed by atoms with E-state index < -0.39 is 12.1 Å². The minimum absolute atomic E-state index is 0.000431. The van der Waals surface area contributed by atoms with Gasteiger partial charge in [-0.25, -0.2) is 4.98 Å². The second kappa shape index (κ2) is 6.13. The maximum Gasteiger partial charge on any atom is 0.391 e. The molecule has 0 radical (unpaired) electrons. The summed E-state index contributed by atoms with van der Waals surface area (Å²) in [6.45, 7) is 5.17. The lowest BCUT2D eigenvalue weighted by atomic mass is 9.96. The molecule has 0 spiro atoms. The molecule has 24 heavy (non-hydrogen) atoms. The number of hydrogen-bond donors (Lipinski definition) is 0. The lowest BCUT2D eigenvalue weighted by Gasteiger charge is -2.23. The SMILES string of the molecule is C=C1/C(=C\CCC(C)C(F)(F)F)Oc2cccc3c(Cl)ncc1c23. The number of hydrogen-bond acceptors (Lipinski definition) is 2. The molecule has 0 amide bonds.